The predicted octanol–water partition coefficient (Wildman–Crippen LogP) is 4.47. The average Bonchev–Trinajstić information content (AvgIpc) is 2.60. The third-order valence-corrected chi connectivity index (χ3v) is 5.99. The van der Waals surface area contributed by atoms with Crippen molar-refractivity contribution in [3.63, 3.8) is 0 Å². The van der Waals surface area contributed by atoms with Gasteiger partial charge in [0, 0.05) is 40.0 Å². The van der Waals surface area contributed by atoms with E-state index in [1.54, 1.807) is 11.8 Å². The minimum absolute atomic E-state index is 0.0977. The molecule has 0 saturated carbocycles. The van der Waals surface area contributed by atoms with E-state index in [0.29, 0.717) is 0 Å². The average molecular weight is 391 g/mol. The monoisotopic (exact) mass is 390 g/mol. The van der Waals surface area contributed by atoms with Crippen molar-refractivity contribution in [3.05, 3.63) is 53.6 Å². The van der Waals surface area contributed by atoms with Crippen molar-refractivity contribution in [1.82, 2.24) is 4.90 Å². The lowest BCUT2D eigenvalue weighted by Gasteiger charge is -2.45. The fraction of sp³-hybridized carbons (Fsp3) is 0.350. The van der Waals surface area contributed by atoms with Crippen molar-refractivity contribution in [2.75, 3.05) is 24.5 Å². The van der Waals surface area contributed by atoms with Gasteiger partial charge in [-0.15, -0.1) is 0 Å². The van der Waals surface area contributed by atoms with Crippen LogP contribution in [-0.4, -0.2) is 47.7 Å². The molecule has 2 aromatic carbocycles. The molecule has 1 N–H and O–H groups in total. The van der Waals surface area contributed by atoms with E-state index in [0.717, 1.165) is 23.0 Å². The molecular weight excluding hydrogens is 368 g/mol. The smallest absolute Gasteiger partial charge is 0.317 e. The zero-order valence-electron chi connectivity index (χ0n) is 14.9. The summed E-state index contributed by atoms with van der Waals surface area (Å²) in [5.74, 6) is -0.767. The van der Waals surface area contributed by atoms with Gasteiger partial charge in [-0.05, 0) is 50.2 Å². The Morgan fingerprint density at radius 1 is 1.12 bits per heavy atom. The summed E-state index contributed by atoms with van der Waals surface area (Å²) in [6.07, 6.45) is 0. The van der Waals surface area contributed by atoms with Crippen molar-refractivity contribution in [2.45, 2.75) is 35.7 Å². The molecule has 0 amide bonds. The first-order valence-electron chi connectivity index (χ1n) is 8.69. The molecule has 6 heteroatoms. The van der Waals surface area contributed by atoms with Crippen LogP contribution in [0.5, 0.6) is 0 Å². The van der Waals surface area contributed by atoms with Crippen LogP contribution in [0.25, 0.3) is 0 Å². The summed E-state index contributed by atoms with van der Waals surface area (Å²) in [7, 11) is 0. The molecular formula is C20H23ClN2O2S. The van der Waals surface area contributed by atoms with Gasteiger partial charge in [-0.25, -0.2) is 0 Å². The number of aliphatic carboxylic acids is 1. The Labute approximate surface area is 163 Å². The van der Waals surface area contributed by atoms with Crippen LogP contribution in [0.2, 0.25) is 5.02 Å². The van der Waals surface area contributed by atoms with Crippen LogP contribution in [0.1, 0.15) is 13.8 Å². The zero-order valence-corrected chi connectivity index (χ0v) is 16.5. The van der Waals surface area contributed by atoms with Crippen molar-refractivity contribution >= 4 is 35.0 Å². The standard InChI is InChI=1S/C20H23ClN2O2S/c1-14-12-23(15(2)11-22(14)13-20(24)25)18-5-3-4-6-19(18)26-17-9-7-16(21)8-10-17/h3-10,14-15H,11-13H2,1-2H3,(H,24,25). The number of para-hydroxylation sites is 1. The molecule has 0 bridgehead atoms. The van der Waals surface area contributed by atoms with E-state index < -0.39 is 5.97 Å². The summed E-state index contributed by atoms with van der Waals surface area (Å²) in [6, 6.07) is 16.7. The molecule has 138 valence electrons. The predicted molar refractivity (Wildman–Crippen MR) is 107 cm³/mol. The second-order valence-corrected chi connectivity index (χ2v) is 8.25. The maximum atomic E-state index is 11.1. The molecule has 2 atom stereocenters. The van der Waals surface area contributed by atoms with E-state index in [-0.39, 0.29) is 18.6 Å². The minimum Gasteiger partial charge on any atom is -0.480 e. The van der Waals surface area contributed by atoms with Gasteiger partial charge in [-0.2, -0.15) is 0 Å². The lowest BCUT2D eigenvalue weighted by Crippen LogP contribution is -2.57. The van der Waals surface area contributed by atoms with Crippen molar-refractivity contribution in [2.24, 2.45) is 0 Å². The fourth-order valence-electron chi connectivity index (χ4n) is 3.34. The van der Waals surface area contributed by atoms with Crippen LogP contribution in [0, 0.1) is 0 Å². The van der Waals surface area contributed by atoms with E-state index >= 15 is 0 Å². The van der Waals surface area contributed by atoms with Gasteiger partial charge in [-0.3, -0.25) is 9.69 Å². The highest BCUT2D eigenvalue weighted by atomic mass is 35.5. The van der Waals surface area contributed by atoms with E-state index in [9.17, 15) is 4.79 Å². The quantitative estimate of drug-likeness (QED) is 0.815. The maximum absolute atomic E-state index is 11.1. The number of nitrogens with zero attached hydrogens (tertiary/aromatic N) is 2. The summed E-state index contributed by atoms with van der Waals surface area (Å²) < 4.78 is 0. The molecule has 1 heterocycles. The molecule has 2 unspecified atom stereocenters. The number of benzene rings is 2. The summed E-state index contributed by atoms with van der Waals surface area (Å²) in [5.41, 5.74) is 1.20. The van der Waals surface area contributed by atoms with Crippen LogP contribution in [0.4, 0.5) is 5.69 Å². The van der Waals surface area contributed by atoms with Gasteiger partial charge in [0.25, 0.3) is 0 Å². The van der Waals surface area contributed by atoms with E-state index in [2.05, 4.69) is 43.0 Å². The summed E-state index contributed by atoms with van der Waals surface area (Å²) in [5, 5.41) is 9.85. The Balaban J connectivity index is 1.81. The maximum Gasteiger partial charge on any atom is 0.317 e. The zero-order chi connectivity index (χ0) is 18.7. The molecule has 0 spiro atoms. The third kappa shape index (κ3) is 4.53. The highest BCUT2D eigenvalue weighted by Crippen LogP contribution is 2.37. The molecule has 3 rings (SSSR count). The van der Waals surface area contributed by atoms with Crippen LogP contribution in [0.3, 0.4) is 0 Å². The number of carbonyl (C=O) groups is 1. The first-order valence-corrected chi connectivity index (χ1v) is 9.88. The molecule has 0 radical (unpaired) electrons. The highest BCUT2D eigenvalue weighted by Gasteiger charge is 2.31. The minimum atomic E-state index is -0.767. The van der Waals surface area contributed by atoms with Crippen LogP contribution in [-0.2, 0) is 4.79 Å². The largest absolute Gasteiger partial charge is 0.480 e. The summed E-state index contributed by atoms with van der Waals surface area (Å²) in [6.45, 7) is 5.90. The summed E-state index contributed by atoms with van der Waals surface area (Å²) >= 11 is 7.71. The van der Waals surface area contributed by atoms with Gasteiger partial charge < -0.3 is 10.0 Å². The number of hydrogen-bond donors (Lipinski definition) is 1. The van der Waals surface area contributed by atoms with Crippen LogP contribution >= 0.6 is 23.4 Å². The normalized spacial score (nSPS) is 21.0. The Kier molecular flexibility index (Phi) is 6.12. The van der Waals surface area contributed by atoms with Crippen molar-refractivity contribution < 1.29 is 9.90 Å². The fourth-order valence-corrected chi connectivity index (χ4v) is 4.43. The van der Waals surface area contributed by atoms with E-state index in [1.165, 1.54) is 10.6 Å². The highest BCUT2D eigenvalue weighted by molar-refractivity contribution is 7.99. The van der Waals surface area contributed by atoms with Crippen molar-refractivity contribution in [3.8, 4) is 0 Å². The molecule has 1 aliphatic rings. The SMILES string of the molecule is CC1CN(c2ccccc2Sc2ccc(Cl)cc2)C(C)CN1CC(=O)O. The van der Waals surface area contributed by atoms with Gasteiger partial charge in [0.15, 0.2) is 0 Å². The van der Waals surface area contributed by atoms with Gasteiger partial charge >= 0.3 is 5.97 Å². The second kappa shape index (κ2) is 8.33. The van der Waals surface area contributed by atoms with Gasteiger partial charge in [0.05, 0.1) is 12.2 Å². The topological polar surface area (TPSA) is 43.8 Å². The molecule has 0 aliphatic carbocycles. The van der Waals surface area contributed by atoms with Gasteiger partial charge in [0.1, 0.15) is 0 Å². The first kappa shape index (κ1) is 19.1. The number of rotatable bonds is 5. The number of piperazine rings is 1. The lowest BCUT2D eigenvalue weighted by molar-refractivity contribution is -0.139. The second-order valence-electron chi connectivity index (χ2n) is 6.70. The Morgan fingerprint density at radius 2 is 1.81 bits per heavy atom. The number of anilines is 1. The molecule has 1 fully saturated rings. The number of hydrogen-bond acceptors (Lipinski definition) is 4. The Hall–Kier alpha value is -1.69. The Morgan fingerprint density at radius 3 is 2.50 bits per heavy atom. The number of halogens is 1. The molecule has 26 heavy (non-hydrogen) atoms. The Bertz CT molecular complexity index is 769. The van der Waals surface area contributed by atoms with Gasteiger partial charge in [-0.1, -0.05) is 35.5 Å². The third-order valence-electron chi connectivity index (χ3n) is 4.67. The molecule has 1 saturated heterocycles. The van der Waals surface area contributed by atoms with E-state index in [1.807, 2.05) is 29.2 Å². The van der Waals surface area contributed by atoms with Crippen LogP contribution < -0.4 is 4.90 Å². The molecule has 1 aliphatic heterocycles. The van der Waals surface area contributed by atoms with Crippen molar-refractivity contribution in [1.29, 1.82) is 0 Å². The van der Waals surface area contributed by atoms with Gasteiger partial charge in [0.2, 0.25) is 0 Å². The summed E-state index contributed by atoms with van der Waals surface area (Å²) in [4.78, 5) is 17.9. The number of carboxylic acid groups (broad SMARTS) is 1. The van der Waals surface area contributed by atoms with E-state index in [4.69, 9.17) is 16.7 Å². The molecule has 2 aromatic rings. The first-order chi connectivity index (χ1) is 12.4. The number of carboxylic acids is 1. The molecule has 4 nitrogen and oxygen atoms in total. The molecule has 0 aromatic heterocycles. The van der Waals surface area contributed by atoms with Crippen LogP contribution in [0.15, 0.2) is 58.3 Å². The lowest BCUT2D eigenvalue weighted by atomic mass is 10.1.